The maximum atomic E-state index is 13.0. The van der Waals surface area contributed by atoms with E-state index < -0.39 is 11.6 Å². The van der Waals surface area contributed by atoms with E-state index in [0.29, 0.717) is 12.1 Å². The van der Waals surface area contributed by atoms with Gasteiger partial charge in [0.15, 0.2) is 0 Å². The van der Waals surface area contributed by atoms with Gasteiger partial charge in [0.05, 0.1) is 11.9 Å². The van der Waals surface area contributed by atoms with Crippen LogP contribution in [0.1, 0.15) is 38.7 Å². The Kier molecular flexibility index (Phi) is 3.23. The smallest absolute Gasteiger partial charge is 0.253 e. The van der Waals surface area contributed by atoms with Crippen LogP contribution in [0.3, 0.4) is 0 Å². The normalized spacial score (nSPS) is 29.5. The molecule has 2 heterocycles. The molecule has 0 bridgehead atoms. The summed E-state index contributed by atoms with van der Waals surface area (Å²) in [6.07, 6.45) is 6.00. The van der Waals surface area contributed by atoms with Gasteiger partial charge in [-0.25, -0.2) is 0 Å². The van der Waals surface area contributed by atoms with Crippen LogP contribution >= 0.6 is 0 Å². The Morgan fingerprint density at radius 1 is 1.38 bits per heavy atom. The highest BCUT2D eigenvalue weighted by molar-refractivity contribution is 6.10. The van der Waals surface area contributed by atoms with Crippen LogP contribution in [0.4, 0.5) is 5.69 Å². The Labute approximate surface area is 124 Å². The average Bonchev–Trinajstić information content (AvgIpc) is 3.27. The van der Waals surface area contributed by atoms with Crippen molar-refractivity contribution in [3.05, 3.63) is 24.0 Å². The summed E-state index contributed by atoms with van der Waals surface area (Å²) in [4.78, 5) is 31.3. The molecule has 1 aromatic rings. The van der Waals surface area contributed by atoms with Crippen molar-refractivity contribution in [1.29, 1.82) is 0 Å². The van der Waals surface area contributed by atoms with E-state index in [4.69, 9.17) is 0 Å². The van der Waals surface area contributed by atoms with E-state index >= 15 is 0 Å². The number of hydrogen-bond donors (Lipinski definition) is 1. The molecule has 5 nitrogen and oxygen atoms in total. The van der Waals surface area contributed by atoms with Crippen LogP contribution in [-0.4, -0.2) is 28.4 Å². The van der Waals surface area contributed by atoms with Crippen molar-refractivity contribution in [2.24, 2.45) is 5.92 Å². The lowest BCUT2D eigenvalue weighted by Gasteiger charge is -2.44. The average molecular weight is 287 g/mol. The minimum atomic E-state index is -0.771. The van der Waals surface area contributed by atoms with E-state index in [-0.39, 0.29) is 17.7 Å². The summed E-state index contributed by atoms with van der Waals surface area (Å²) >= 11 is 0. The molecule has 1 saturated carbocycles. The van der Waals surface area contributed by atoms with Gasteiger partial charge in [-0.2, -0.15) is 0 Å². The van der Waals surface area contributed by atoms with Crippen molar-refractivity contribution in [1.82, 2.24) is 10.3 Å². The number of nitrogens with one attached hydrogen (secondary N) is 1. The summed E-state index contributed by atoms with van der Waals surface area (Å²) in [6.45, 7) is 5.71. The number of piperazine rings is 1. The van der Waals surface area contributed by atoms with Gasteiger partial charge in [0.2, 0.25) is 5.91 Å². The Bertz CT molecular complexity index is 597. The summed E-state index contributed by atoms with van der Waals surface area (Å²) in [5.41, 5.74) is 0.926. The fraction of sp³-hybridized carbons (Fsp3) is 0.562. The first kappa shape index (κ1) is 14.0. The van der Waals surface area contributed by atoms with E-state index in [1.165, 1.54) is 0 Å². The molecular formula is C16H21N3O2. The SMILES string of the molecule is CCC1C(=O)NC(C)(C2CC2)C(=O)N1c1cncc(C)c1. The molecular weight excluding hydrogens is 266 g/mol. The third-order valence-electron chi connectivity index (χ3n) is 4.58. The van der Waals surface area contributed by atoms with E-state index in [9.17, 15) is 9.59 Å². The second-order valence-corrected chi connectivity index (χ2v) is 6.29. The number of aromatic nitrogens is 1. The first-order chi connectivity index (χ1) is 9.97. The van der Waals surface area contributed by atoms with Crippen molar-refractivity contribution in [3.8, 4) is 0 Å². The standard InChI is InChI=1S/C16H21N3O2/c1-4-13-14(20)18-16(3,11-5-6-11)15(21)19(13)12-7-10(2)8-17-9-12/h7-9,11,13H,4-6H2,1-3H3,(H,18,20). The Morgan fingerprint density at radius 2 is 2.10 bits per heavy atom. The third-order valence-corrected chi connectivity index (χ3v) is 4.58. The Hall–Kier alpha value is -1.91. The zero-order valence-electron chi connectivity index (χ0n) is 12.7. The Balaban J connectivity index is 2.04. The predicted octanol–water partition coefficient (Wildman–Crippen LogP) is 1.80. The van der Waals surface area contributed by atoms with Crippen molar-refractivity contribution in [2.45, 2.75) is 51.6 Å². The van der Waals surface area contributed by atoms with Gasteiger partial charge in [-0.15, -0.1) is 0 Å². The summed E-state index contributed by atoms with van der Waals surface area (Å²) in [5, 5.41) is 2.97. The highest BCUT2D eigenvalue weighted by atomic mass is 16.2. The first-order valence-electron chi connectivity index (χ1n) is 7.54. The van der Waals surface area contributed by atoms with Gasteiger partial charge in [-0.05, 0) is 50.7 Å². The number of rotatable bonds is 3. The lowest BCUT2D eigenvalue weighted by atomic mass is 9.88. The molecule has 1 saturated heterocycles. The number of pyridine rings is 1. The van der Waals surface area contributed by atoms with Crippen molar-refractivity contribution >= 4 is 17.5 Å². The van der Waals surface area contributed by atoms with E-state index in [0.717, 1.165) is 18.4 Å². The molecule has 1 aromatic heterocycles. The molecule has 5 heteroatoms. The predicted molar refractivity (Wildman–Crippen MR) is 79.8 cm³/mol. The lowest BCUT2D eigenvalue weighted by molar-refractivity contribution is -0.138. The number of nitrogens with zero attached hydrogens (tertiary/aromatic N) is 2. The molecule has 2 aliphatic rings. The number of carbonyl (C=O) groups is 2. The second kappa shape index (κ2) is 4.83. The van der Waals surface area contributed by atoms with Crippen molar-refractivity contribution < 1.29 is 9.59 Å². The van der Waals surface area contributed by atoms with Crippen LogP contribution in [0.15, 0.2) is 18.5 Å². The van der Waals surface area contributed by atoms with Gasteiger partial charge in [0.1, 0.15) is 11.6 Å². The van der Waals surface area contributed by atoms with Gasteiger partial charge < -0.3 is 5.32 Å². The molecule has 112 valence electrons. The van der Waals surface area contributed by atoms with Gasteiger partial charge in [-0.3, -0.25) is 19.5 Å². The van der Waals surface area contributed by atoms with Crippen LogP contribution in [0, 0.1) is 12.8 Å². The summed E-state index contributed by atoms with van der Waals surface area (Å²) < 4.78 is 0. The second-order valence-electron chi connectivity index (χ2n) is 6.29. The van der Waals surface area contributed by atoms with Gasteiger partial charge in [0, 0.05) is 6.20 Å². The van der Waals surface area contributed by atoms with Crippen LogP contribution in [0.25, 0.3) is 0 Å². The first-order valence-corrected chi connectivity index (χ1v) is 7.54. The molecule has 0 aromatic carbocycles. The molecule has 2 atom stereocenters. The topological polar surface area (TPSA) is 62.3 Å². The summed E-state index contributed by atoms with van der Waals surface area (Å²) in [7, 11) is 0. The number of aryl methyl sites for hydroxylation is 1. The molecule has 0 spiro atoms. The summed E-state index contributed by atoms with van der Waals surface area (Å²) in [5.74, 6) is 0.184. The molecule has 3 rings (SSSR count). The molecule has 2 fully saturated rings. The molecule has 1 N–H and O–H groups in total. The third kappa shape index (κ3) is 2.20. The molecule has 0 radical (unpaired) electrons. The van der Waals surface area contributed by atoms with Crippen LogP contribution in [0.5, 0.6) is 0 Å². The van der Waals surface area contributed by atoms with Crippen LogP contribution in [0.2, 0.25) is 0 Å². The number of hydrogen-bond acceptors (Lipinski definition) is 3. The zero-order valence-corrected chi connectivity index (χ0v) is 12.7. The fourth-order valence-corrected chi connectivity index (χ4v) is 3.17. The van der Waals surface area contributed by atoms with Gasteiger partial charge in [0.25, 0.3) is 5.91 Å². The van der Waals surface area contributed by atoms with E-state index in [2.05, 4.69) is 10.3 Å². The molecule has 1 aliphatic heterocycles. The van der Waals surface area contributed by atoms with Crippen LogP contribution in [-0.2, 0) is 9.59 Å². The minimum absolute atomic E-state index is 0.0103. The molecule has 1 aliphatic carbocycles. The monoisotopic (exact) mass is 287 g/mol. The highest BCUT2D eigenvalue weighted by Gasteiger charge is 2.55. The zero-order chi connectivity index (χ0) is 15.2. The van der Waals surface area contributed by atoms with Crippen molar-refractivity contribution in [2.75, 3.05) is 4.90 Å². The lowest BCUT2D eigenvalue weighted by Crippen LogP contribution is -2.70. The molecule has 2 unspecified atom stereocenters. The highest BCUT2D eigenvalue weighted by Crippen LogP contribution is 2.43. The number of carbonyl (C=O) groups excluding carboxylic acids is 2. The Morgan fingerprint density at radius 3 is 2.67 bits per heavy atom. The maximum absolute atomic E-state index is 13.0. The summed E-state index contributed by atoms with van der Waals surface area (Å²) in [6, 6.07) is 1.47. The fourth-order valence-electron chi connectivity index (χ4n) is 3.17. The largest absolute Gasteiger partial charge is 0.340 e. The molecule has 21 heavy (non-hydrogen) atoms. The van der Waals surface area contributed by atoms with E-state index in [1.807, 2.05) is 26.8 Å². The van der Waals surface area contributed by atoms with Crippen LogP contribution < -0.4 is 10.2 Å². The minimum Gasteiger partial charge on any atom is -0.340 e. The quantitative estimate of drug-likeness (QED) is 0.922. The van der Waals surface area contributed by atoms with E-state index in [1.54, 1.807) is 17.3 Å². The maximum Gasteiger partial charge on any atom is 0.253 e. The van der Waals surface area contributed by atoms with Crippen molar-refractivity contribution in [3.63, 3.8) is 0 Å². The number of anilines is 1. The van der Waals surface area contributed by atoms with Gasteiger partial charge in [-0.1, -0.05) is 6.92 Å². The number of amides is 2. The molecule has 2 amide bonds. The van der Waals surface area contributed by atoms with Gasteiger partial charge >= 0.3 is 0 Å².